The van der Waals surface area contributed by atoms with E-state index in [0.717, 1.165) is 10.0 Å². The van der Waals surface area contributed by atoms with Crippen molar-refractivity contribution in [3.8, 4) is 0 Å². The monoisotopic (exact) mass is 360 g/mol. The van der Waals surface area contributed by atoms with Crippen LogP contribution in [0.3, 0.4) is 0 Å². The zero-order valence-electron chi connectivity index (χ0n) is 11.9. The first kappa shape index (κ1) is 14.8. The van der Waals surface area contributed by atoms with Crippen molar-refractivity contribution < 1.29 is 13.9 Å². The van der Waals surface area contributed by atoms with Crippen molar-refractivity contribution in [3.05, 3.63) is 56.7 Å². The molecule has 0 bridgehead atoms. The second-order valence-corrected chi connectivity index (χ2v) is 5.91. The molecule has 0 spiro atoms. The molecule has 0 fully saturated rings. The van der Waals surface area contributed by atoms with E-state index in [-0.39, 0.29) is 11.4 Å². The highest BCUT2D eigenvalue weighted by molar-refractivity contribution is 9.10. The molecule has 0 amide bonds. The number of halogens is 1. The maximum atomic E-state index is 12.6. The molecular weight excluding hydrogens is 348 g/mol. The van der Waals surface area contributed by atoms with E-state index >= 15 is 0 Å². The molecule has 0 aliphatic carbocycles. The van der Waals surface area contributed by atoms with Gasteiger partial charge in [0.05, 0.1) is 17.4 Å². The number of ether oxygens (including phenoxy) is 1. The van der Waals surface area contributed by atoms with Gasteiger partial charge in [-0.15, -0.1) is 0 Å². The molecule has 0 radical (unpaired) electrons. The number of carbonyl (C=O) groups excluding carboxylic acids is 1. The van der Waals surface area contributed by atoms with Crippen LogP contribution in [-0.2, 0) is 16.0 Å². The Balaban J connectivity index is 2.07. The minimum atomic E-state index is -0.309. The molecule has 1 aromatic heterocycles. The largest absolute Gasteiger partial charge is 0.466 e. The molecule has 2 aromatic carbocycles. The topological polar surface area (TPSA) is 56.5 Å². The predicted octanol–water partition coefficient (Wildman–Crippen LogP) is 3.81. The molecule has 3 aromatic rings. The first-order valence-corrected chi connectivity index (χ1v) is 7.62. The third-order valence-electron chi connectivity index (χ3n) is 3.39. The number of fused-ring (bicyclic) bond motifs is 2. The molecule has 0 aliphatic heterocycles. The fourth-order valence-electron chi connectivity index (χ4n) is 2.34. The SMILES string of the molecule is CC(=O)OCCc1ccc2oc3ccc(Br)cc3c(=O)c2c1. The van der Waals surface area contributed by atoms with E-state index < -0.39 is 0 Å². The zero-order valence-corrected chi connectivity index (χ0v) is 13.5. The van der Waals surface area contributed by atoms with Gasteiger partial charge in [0.1, 0.15) is 11.2 Å². The van der Waals surface area contributed by atoms with Gasteiger partial charge in [0.2, 0.25) is 5.43 Å². The summed E-state index contributed by atoms with van der Waals surface area (Å²) in [7, 11) is 0. The number of rotatable bonds is 3. The quantitative estimate of drug-likeness (QED) is 0.526. The van der Waals surface area contributed by atoms with E-state index in [1.54, 1.807) is 24.3 Å². The van der Waals surface area contributed by atoms with E-state index in [4.69, 9.17) is 9.15 Å². The summed E-state index contributed by atoms with van der Waals surface area (Å²) in [6.07, 6.45) is 0.561. The Morgan fingerprint density at radius 2 is 1.82 bits per heavy atom. The third-order valence-corrected chi connectivity index (χ3v) is 3.88. The maximum Gasteiger partial charge on any atom is 0.302 e. The van der Waals surface area contributed by atoms with Gasteiger partial charge < -0.3 is 9.15 Å². The molecule has 4 nitrogen and oxygen atoms in total. The number of esters is 1. The molecule has 0 saturated carbocycles. The number of hydrogen-bond donors (Lipinski definition) is 0. The Kier molecular flexibility index (Phi) is 3.98. The third kappa shape index (κ3) is 2.90. The minimum absolute atomic E-state index is 0.0631. The standard InChI is InChI=1S/C17H13BrO4/c1-10(19)21-7-6-11-2-4-15-13(8-11)17(20)14-9-12(18)3-5-16(14)22-15/h2-5,8-9H,6-7H2,1H3. The number of benzene rings is 2. The fraction of sp³-hybridized carbons (Fsp3) is 0.176. The second-order valence-electron chi connectivity index (χ2n) is 4.99. The summed E-state index contributed by atoms with van der Waals surface area (Å²) in [5.74, 6) is -0.309. The first-order valence-electron chi connectivity index (χ1n) is 6.83. The van der Waals surface area contributed by atoms with Crippen molar-refractivity contribution in [1.82, 2.24) is 0 Å². The van der Waals surface area contributed by atoms with Crippen LogP contribution in [0.1, 0.15) is 12.5 Å². The van der Waals surface area contributed by atoms with Gasteiger partial charge in [-0.05, 0) is 35.9 Å². The zero-order chi connectivity index (χ0) is 15.7. The van der Waals surface area contributed by atoms with E-state index in [0.29, 0.717) is 35.0 Å². The molecule has 112 valence electrons. The Bertz CT molecular complexity index is 927. The Morgan fingerprint density at radius 1 is 1.14 bits per heavy atom. The lowest BCUT2D eigenvalue weighted by Gasteiger charge is -2.05. The van der Waals surface area contributed by atoms with Gasteiger partial charge in [-0.2, -0.15) is 0 Å². The summed E-state index contributed by atoms with van der Waals surface area (Å²) >= 11 is 3.36. The normalized spacial score (nSPS) is 11.0. The summed E-state index contributed by atoms with van der Waals surface area (Å²) in [6.45, 7) is 1.67. The van der Waals surface area contributed by atoms with Gasteiger partial charge in [-0.3, -0.25) is 9.59 Å². The molecule has 0 unspecified atom stereocenters. The van der Waals surface area contributed by atoms with Gasteiger partial charge in [0, 0.05) is 17.8 Å². The summed E-state index contributed by atoms with van der Waals surface area (Å²) < 4.78 is 11.5. The van der Waals surface area contributed by atoms with Crippen LogP contribution in [0.4, 0.5) is 0 Å². The average molecular weight is 361 g/mol. The lowest BCUT2D eigenvalue weighted by molar-refractivity contribution is -0.140. The van der Waals surface area contributed by atoms with E-state index in [1.165, 1.54) is 6.92 Å². The average Bonchev–Trinajstić information content (AvgIpc) is 2.48. The molecule has 0 atom stereocenters. The highest BCUT2D eigenvalue weighted by Crippen LogP contribution is 2.22. The summed E-state index contributed by atoms with van der Waals surface area (Å²) in [4.78, 5) is 23.4. The van der Waals surface area contributed by atoms with Crippen molar-refractivity contribution in [3.63, 3.8) is 0 Å². The molecule has 0 saturated heterocycles. The minimum Gasteiger partial charge on any atom is -0.466 e. The van der Waals surface area contributed by atoms with Gasteiger partial charge >= 0.3 is 5.97 Å². The van der Waals surface area contributed by atoms with Crippen molar-refractivity contribution in [2.45, 2.75) is 13.3 Å². The Labute approximate surface area is 134 Å². The van der Waals surface area contributed by atoms with Gasteiger partial charge in [0.25, 0.3) is 0 Å². The summed E-state index contributed by atoms with van der Waals surface area (Å²) in [6, 6.07) is 10.8. The molecule has 0 N–H and O–H groups in total. The van der Waals surface area contributed by atoms with Crippen molar-refractivity contribution >= 4 is 43.8 Å². The van der Waals surface area contributed by atoms with Crippen LogP contribution < -0.4 is 5.43 Å². The van der Waals surface area contributed by atoms with Crippen LogP contribution >= 0.6 is 15.9 Å². The highest BCUT2D eigenvalue weighted by Gasteiger charge is 2.09. The van der Waals surface area contributed by atoms with E-state index in [2.05, 4.69) is 15.9 Å². The predicted molar refractivity (Wildman–Crippen MR) is 88.0 cm³/mol. The van der Waals surface area contributed by atoms with Crippen LogP contribution in [0.2, 0.25) is 0 Å². The van der Waals surface area contributed by atoms with Gasteiger partial charge in [-0.25, -0.2) is 0 Å². The maximum absolute atomic E-state index is 12.6. The summed E-state index contributed by atoms with van der Waals surface area (Å²) in [5.41, 5.74) is 1.98. The lowest BCUT2D eigenvalue weighted by Crippen LogP contribution is -2.05. The van der Waals surface area contributed by atoms with Crippen LogP contribution in [0.5, 0.6) is 0 Å². The number of hydrogen-bond acceptors (Lipinski definition) is 4. The summed E-state index contributed by atoms with van der Waals surface area (Å²) in [5, 5.41) is 1.07. The van der Waals surface area contributed by atoms with Crippen molar-refractivity contribution in [2.24, 2.45) is 0 Å². The Morgan fingerprint density at radius 3 is 2.55 bits per heavy atom. The van der Waals surface area contributed by atoms with Crippen LogP contribution in [0, 0.1) is 0 Å². The molecule has 22 heavy (non-hydrogen) atoms. The van der Waals surface area contributed by atoms with Crippen molar-refractivity contribution in [2.75, 3.05) is 6.61 Å². The first-order chi connectivity index (χ1) is 10.5. The molecule has 0 aliphatic rings. The van der Waals surface area contributed by atoms with Gasteiger partial charge in [-0.1, -0.05) is 22.0 Å². The highest BCUT2D eigenvalue weighted by atomic mass is 79.9. The van der Waals surface area contributed by atoms with E-state index in [1.807, 2.05) is 12.1 Å². The smallest absolute Gasteiger partial charge is 0.302 e. The molecular formula is C17H13BrO4. The molecule has 3 rings (SSSR count). The molecule has 5 heteroatoms. The van der Waals surface area contributed by atoms with Crippen LogP contribution in [0.15, 0.2) is 50.1 Å². The van der Waals surface area contributed by atoms with Crippen LogP contribution in [-0.4, -0.2) is 12.6 Å². The van der Waals surface area contributed by atoms with E-state index in [9.17, 15) is 9.59 Å². The van der Waals surface area contributed by atoms with Gasteiger partial charge in [0.15, 0.2) is 0 Å². The van der Waals surface area contributed by atoms with Crippen molar-refractivity contribution in [1.29, 1.82) is 0 Å². The number of carbonyl (C=O) groups is 1. The molecule has 1 heterocycles. The van der Waals surface area contributed by atoms with Crippen LogP contribution in [0.25, 0.3) is 21.9 Å². The second kappa shape index (κ2) is 5.93. The lowest BCUT2D eigenvalue weighted by atomic mass is 10.1. The Hall–Kier alpha value is -2.14. The fourth-order valence-corrected chi connectivity index (χ4v) is 2.70.